The number of rotatable bonds is 3. The van der Waals surface area contributed by atoms with Gasteiger partial charge >= 0.3 is 5.79 Å². The van der Waals surface area contributed by atoms with Crippen molar-refractivity contribution in [2.24, 2.45) is 15.5 Å². The van der Waals surface area contributed by atoms with Crippen molar-refractivity contribution in [3.05, 3.63) is 14.7 Å². The zero-order valence-electron chi connectivity index (χ0n) is 4.85. The first-order valence-electron chi connectivity index (χ1n) is 2.55. The lowest BCUT2D eigenvalue weighted by molar-refractivity contribution is 0.182. The molecule has 1 rings (SSSR count). The van der Waals surface area contributed by atoms with Crippen LogP contribution in [0.4, 0.5) is 0 Å². The van der Waals surface area contributed by atoms with E-state index in [1.807, 2.05) is 0 Å². The Labute approximate surface area is 55.1 Å². The average molecular weight is 144 g/mol. The van der Waals surface area contributed by atoms with Crippen LogP contribution in [-0.4, -0.2) is 18.4 Å². The number of hydrogen-bond donors (Lipinski definition) is 1. The summed E-state index contributed by atoms with van der Waals surface area (Å²) in [7, 11) is 0. The summed E-state index contributed by atoms with van der Waals surface area (Å²) in [5.74, 6) is -1.82. The van der Waals surface area contributed by atoms with Gasteiger partial charge in [0.1, 0.15) is 0 Å². The highest BCUT2D eigenvalue weighted by Gasteiger charge is 2.52. The second kappa shape index (κ2) is 2.18. The van der Waals surface area contributed by atoms with Crippen LogP contribution in [0.3, 0.4) is 0 Å². The highest BCUT2D eigenvalue weighted by atomic mass is 16.3. The van der Waals surface area contributed by atoms with E-state index in [0.717, 1.165) is 0 Å². The summed E-state index contributed by atoms with van der Waals surface area (Å²) in [5.41, 5.74) is 0. The van der Waals surface area contributed by atoms with Crippen molar-refractivity contribution in [2.45, 2.75) is 11.8 Å². The molecule has 0 amide bonds. The number of nitroso groups, excluding NO2 is 3. The Bertz CT molecular complexity index is 173. The minimum Gasteiger partial charge on any atom is -0.264 e. The third-order valence-electron chi connectivity index (χ3n) is 1.43. The van der Waals surface area contributed by atoms with Crippen molar-refractivity contribution in [3.63, 3.8) is 0 Å². The minimum absolute atomic E-state index is 0.182. The lowest BCUT2D eigenvalue weighted by Gasteiger charge is -2.33. The molecule has 1 atom stereocenters. The Hall–Kier alpha value is -1.24. The van der Waals surface area contributed by atoms with Gasteiger partial charge < -0.3 is 0 Å². The summed E-state index contributed by atoms with van der Waals surface area (Å²) in [6.45, 7) is 0.182. The topological polar surface area (TPSA) is 100 Å². The lowest BCUT2D eigenvalue weighted by Crippen LogP contribution is -2.65. The third-order valence-corrected chi connectivity index (χ3v) is 1.43. The van der Waals surface area contributed by atoms with Crippen molar-refractivity contribution in [2.75, 3.05) is 6.54 Å². The molecule has 7 nitrogen and oxygen atoms in total. The van der Waals surface area contributed by atoms with Gasteiger partial charge in [-0.3, -0.25) is 5.32 Å². The molecule has 1 aliphatic rings. The summed E-state index contributed by atoms with van der Waals surface area (Å²) in [6, 6.07) is -0.942. The maximum atomic E-state index is 9.90. The highest BCUT2D eigenvalue weighted by Crippen LogP contribution is 2.24. The van der Waals surface area contributed by atoms with Crippen LogP contribution in [0, 0.1) is 14.7 Å². The molecule has 1 heterocycles. The van der Waals surface area contributed by atoms with E-state index in [1.165, 1.54) is 0 Å². The van der Waals surface area contributed by atoms with Crippen LogP contribution >= 0.6 is 0 Å². The second-order valence-corrected chi connectivity index (χ2v) is 1.91. The molecular weight excluding hydrogens is 140 g/mol. The molecule has 54 valence electrons. The molecule has 0 bridgehead atoms. The maximum Gasteiger partial charge on any atom is 0.311 e. The fourth-order valence-corrected chi connectivity index (χ4v) is 0.690. The van der Waals surface area contributed by atoms with E-state index < -0.39 is 11.8 Å². The van der Waals surface area contributed by atoms with Crippen molar-refractivity contribution in [3.8, 4) is 0 Å². The van der Waals surface area contributed by atoms with Crippen LogP contribution in [0.1, 0.15) is 0 Å². The van der Waals surface area contributed by atoms with Crippen molar-refractivity contribution >= 4 is 0 Å². The zero-order valence-corrected chi connectivity index (χ0v) is 4.85. The van der Waals surface area contributed by atoms with Gasteiger partial charge in [0.05, 0.1) is 0 Å². The van der Waals surface area contributed by atoms with Gasteiger partial charge in [-0.15, -0.1) is 9.81 Å². The molecule has 0 aromatic heterocycles. The largest absolute Gasteiger partial charge is 0.311 e. The predicted molar refractivity (Wildman–Crippen MR) is 31.9 cm³/mol. The Morgan fingerprint density at radius 3 is 2.00 bits per heavy atom. The van der Waals surface area contributed by atoms with Crippen LogP contribution < -0.4 is 5.32 Å². The summed E-state index contributed by atoms with van der Waals surface area (Å²) >= 11 is 0. The third kappa shape index (κ3) is 0.637. The number of nitrogens with zero attached hydrogens (tertiary/aromatic N) is 3. The summed E-state index contributed by atoms with van der Waals surface area (Å²) in [4.78, 5) is 29.6. The maximum absolute atomic E-state index is 9.90. The van der Waals surface area contributed by atoms with Crippen LogP contribution in [-0.2, 0) is 0 Å². The van der Waals surface area contributed by atoms with Crippen molar-refractivity contribution in [1.82, 2.24) is 5.32 Å². The molecule has 0 aromatic rings. The minimum atomic E-state index is -1.82. The molecule has 1 fully saturated rings. The Balaban J connectivity index is 2.74. The van der Waals surface area contributed by atoms with Gasteiger partial charge in [0.15, 0.2) is 6.04 Å². The molecule has 1 unspecified atom stereocenters. The van der Waals surface area contributed by atoms with Crippen LogP contribution in [0.5, 0.6) is 0 Å². The van der Waals surface area contributed by atoms with Crippen molar-refractivity contribution in [1.29, 1.82) is 0 Å². The Morgan fingerprint density at radius 2 is 1.90 bits per heavy atom. The van der Waals surface area contributed by atoms with Crippen LogP contribution in [0.15, 0.2) is 15.5 Å². The molecule has 0 radical (unpaired) electrons. The Kier molecular flexibility index (Phi) is 1.50. The quantitative estimate of drug-likeness (QED) is 0.559. The standard InChI is InChI=1S/C3H4N4O3/c8-5-2-1-4-3(2,6-9)7-10/h2,4H,1H2. The molecule has 0 aromatic carbocycles. The number of nitrogens with one attached hydrogen (secondary N) is 1. The zero-order chi connectivity index (χ0) is 7.61. The van der Waals surface area contributed by atoms with E-state index in [9.17, 15) is 14.7 Å². The molecular formula is C3H4N4O3. The van der Waals surface area contributed by atoms with E-state index in [-0.39, 0.29) is 6.54 Å². The molecule has 0 spiro atoms. The van der Waals surface area contributed by atoms with Crippen LogP contribution in [0.25, 0.3) is 0 Å². The highest BCUT2D eigenvalue weighted by molar-refractivity contribution is 5.04. The summed E-state index contributed by atoms with van der Waals surface area (Å²) < 4.78 is 0. The average Bonchev–Trinajstić information content (AvgIpc) is 1.90. The van der Waals surface area contributed by atoms with Crippen molar-refractivity contribution < 1.29 is 0 Å². The van der Waals surface area contributed by atoms with Gasteiger partial charge in [0.2, 0.25) is 0 Å². The van der Waals surface area contributed by atoms with Gasteiger partial charge in [0, 0.05) is 6.54 Å². The van der Waals surface area contributed by atoms with Gasteiger partial charge in [-0.1, -0.05) is 5.18 Å². The summed E-state index contributed by atoms with van der Waals surface area (Å²) in [5, 5.41) is 9.52. The molecule has 0 saturated carbocycles. The van der Waals surface area contributed by atoms with E-state index in [1.54, 1.807) is 0 Å². The fraction of sp³-hybridized carbons (Fsp3) is 1.00. The first kappa shape index (κ1) is 6.87. The molecule has 1 saturated heterocycles. The molecule has 10 heavy (non-hydrogen) atoms. The smallest absolute Gasteiger partial charge is 0.264 e. The molecule has 1 aliphatic heterocycles. The van der Waals surface area contributed by atoms with Gasteiger partial charge in [-0.25, -0.2) is 0 Å². The molecule has 1 N–H and O–H groups in total. The monoisotopic (exact) mass is 144 g/mol. The van der Waals surface area contributed by atoms with E-state index in [4.69, 9.17) is 0 Å². The van der Waals surface area contributed by atoms with E-state index >= 15 is 0 Å². The van der Waals surface area contributed by atoms with Gasteiger partial charge in [-0.05, 0) is 10.4 Å². The first-order valence-corrected chi connectivity index (χ1v) is 2.55. The normalized spacial score (nSPS) is 28.2. The van der Waals surface area contributed by atoms with Gasteiger partial charge in [0.25, 0.3) is 0 Å². The molecule has 0 aliphatic carbocycles. The second-order valence-electron chi connectivity index (χ2n) is 1.91. The van der Waals surface area contributed by atoms with E-state index in [2.05, 4.69) is 20.8 Å². The predicted octanol–water partition coefficient (Wildman–Crippen LogP) is -0.0888. The fourth-order valence-electron chi connectivity index (χ4n) is 0.690. The summed E-state index contributed by atoms with van der Waals surface area (Å²) in [6.07, 6.45) is 0. The Morgan fingerprint density at radius 1 is 1.30 bits per heavy atom. The lowest BCUT2D eigenvalue weighted by atomic mass is 10.0. The van der Waals surface area contributed by atoms with E-state index in [0.29, 0.717) is 0 Å². The molecule has 7 heteroatoms. The van der Waals surface area contributed by atoms with Gasteiger partial charge in [-0.2, -0.15) is 4.91 Å². The SMILES string of the molecule is O=NC1CNC1(N=O)N=O. The van der Waals surface area contributed by atoms with Crippen LogP contribution in [0.2, 0.25) is 0 Å². The first-order chi connectivity index (χ1) is 4.79. The number of hydrogen-bond acceptors (Lipinski definition) is 7.